The van der Waals surface area contributed by atoms with Crippen LogP contribution in [-0.4, -0.2) is 34.5 Å². The molecule has 0 saturated carbocycles. The summed E-state index contributed by atoms with van der Waals surface area (Å²) in [6, 6.07) is 6.96. The number of hydrogen-bond donors (Lipinski definition) is 2. The van der Waals surface area contributed by atoms with Crippen LogP contribution < -0.4 is 10.6 Å². The Bertz CT molecular complexity index is 771. The Morgan fingerprint density at radius 2 is 2.20 bits per heavy atom. The zero-order valence-corrected chi connectivity index (χ0v) is 14.3. The molecule has 0 unspecified atom stereocenters. The Labute approximate surface area is 145 Å². The van der Waals surface area contributed by atoms with Crippen molar-refractivity contribution in [2.75, 3.05) is 11.9 Å². The maximum absolute atomic E-state index is 12.1. The van der Waals surface area contributed by atoms with E-state index in [1.807, 2.05) is 26.0 Å². The van der Waals surface area contributed by atoms with Crippen LogP contribution in [0.5, 0.6) is 0 Å². The molecule has 1 aromatic carbocycles. The van der Waals surface area contributed by atoms with Gasteiger partial charge in [-0.2, -0.15) is 4.98 Å². The minimum atomic E-state index is -0.300. The number of nitrogens with one attached hydrogen (secondary N) is 2. The lowest BCUT2D eigenvalue weighted by molar-refractivity contribution is 0.0870. The van der Waals surface area contributed by atoms with Crippen LogP contribution in [-0.2, 0) is 11.3 Å². The average molecular weight is 343 g/mol. The number of rotatable bonds is 6. The second kappa shape index (κ2) is 7.78. The second-order valence-electron chi connectivity index (χ2n) is 5.73. The SMILES string of the molecule is CCC1=NO[C@H](CNC(=O)Nc2cccc(-c3nc(CC)no3)c2)C1. The lowest BCUT2D eigenvalue weighted by Gasteiger charge is -2.11. The molecule has 2 N–H and O–H groups in total. The quantitative estimate of drug-likeness (QED) is 0.839. The maximum Gasteiger partial charge on any atom is 0.319 e. The lowest BCUT2D eigenvalue weighted by Crippen LogP contribution is -2.35. The third kappa shape index (κ3) is 4.34. The van der Waals surface area contributed by atoms with Gasteiger partial charge in [0.1, 0.15) is 6.10 Å². The van der Waals surface area contributed by atoms with Gasteiger partial charge < -0.3 is 20.0 Å². The molecule has 3 rings (SSSR count). The van der Waals surface area contributed by atoms with Crippen molar-refractivity contribution in [3.8, 4) is 11.5 Å². The van der Waals surface area contributed by atoms with Crippen molar-refractivity contribution in [2.45, 2.75) is 39.2 Å². The number of hydrogen-bond acceptors (Lipinski definition) is 6. The van der Waals surface area contributed by atoms with Crippen molar-refractivity contribution in [3.05, 3.63) is 30.1 Å². The smallest absolute Gasteiger partial charge is 0.319 e. The van der Waals surface area contributed by atoms with Crippen LogP contribution in [0.3, 0.4) is 0 Å². The van der Waals surface area contributed by atoms with E-state index in [4.69, 9.17) is 9.36 Å². The number of benzene rings is 1. The normalized spacial score (nSPS) is 16.2. The van der Waals surface area contributed by atoms with E-state index in [0.717, 1.165) is 24.1 Å². The van der Waals surface area contributed by atoms with E-state index in [2.05, 4.69) is 25.9 Å². The first kappa shape index (κ1) is 16.9. The number of carbonyl (C=O) groups excluding carboxylic acids is 1. The number of oxime groups is 1. The highest BCUT2D eigenvalue weighted by Crippen LogP contribution is 2.21. The molecule has 1 aliphatic rings. The highest BCUT2D eigenvalue weighted by atomic mass is 16.6. The van der Waals surface area contributed by atoms with Gasteiger partial charge in [0, 0.05) is 24.1 Å². The first-order chi connectivity index (χ1) is 12.2. The van der Waals surface area contributed by atoms with E-state index in [1.54, 1.807) is 12.1 Å². The maximum atomic E-state index is 12.1. The minimum Gasteiger partial charge on any atom is -0.390 e. The summed E-state index contributed by atoms with van der Waals surface area (Å²) in [5.41, 5.74) is 2.42. The molecule has 1 atom stereocenters. The van der Waals surface area contributed by atoms with Crippen LogP contribution in [0.25, 0.3) is 11.5 Å². The molecule has 1 aromatic heterocycles. The fraction of sp³-hybridized carbons (Fsp3) is 0.412. The van der Waals surface area contributed by atoms with Gasteiger partial charge in [-0.25, -0.2) is 4.79 Å². The lowest BCUT2D eigenvalue weighted by atomic mass is 10.1. The summed E-state index contributed by atoms with van der Waals surface area (Å²) in [5, 5.41) is 13.4. The summed E-state index contributed by atoms with van der Waals surface area (Å²) in [4.78, 5) is 21.6. The Morgan fingerprint density at radius 1 is 1.32 bits per heavy atom. The fourth-order valence-electron chi connectivity index (χ4n) is 2.43. The van der Waals surface area contributed by atoms with Gasteiger partial charge in [0.2, 0.25) is 0 Å². The van der Waals surface area contributed by atoms with Crippen molar-refractivity contribution in [2.24, 2.45) is 5.16 Å². The largest absolute Gasteiger partial charge is 0.390 e. The number of carbonyl (C=O) groups is 1. The molecule has 0 spiro atoms. The Morgan fingerprint density at radius 3 is 2.92 bits per heavy atom. The van der Waals surface area contributed by atoms with Gasteiger partial charge in [0.05, 0.1) is 12.3 Å². The number of urea groups is 1. The van der Waals surface area contributed by atoms with Crippen molar-refractivity contribution < 1.29 is 14.2 Å². The number of aromatic nitrogens is 2. The molecule has 0 fully saturated rings. The zero-order chi connectivity index (χ0) is 17.6. The molecule has 0 radical (unpaired) electrons. The highest BCUT2D eigenvalue weighted by molar-refractivity contribution is 5.90. The second-order valence-corrected chi connectivity index (χ2v) is 5.73. The van der Waals surface area contributed by atoms with Crippen LogP contribution >= 0.6 is 0 Å². The molecule has 0 saturated heterocycles. The van der Waals surface area contributed by atoms with E-state index in [9.17, 15) is 4.79 Å². The molecule has 8 heteroatoms. The van der Waals surface area contributed by atoms with Gasteiger partial charge >= 0.3 is 6.03 Å². The molecular formula is C17H21N5O3. The van der Waals surface area contributed by atoms with Crippen molar-refractivity contribution in [3.63, 3.8) is 0 Å². The molecule has 2 aromatic rings. The molecule has 0 aliphatic carbocycles. The van der Waals surface area contributed by atoms with Crippen molar-refractivity contribution in [1.82, 2.24) is 15.5 Å². The average Bonchev–Trinajstić information content (AvgIpc) is 3.29. The summed E-state index contributed by atoms with van der Waals surface area (Å²) >= 11 is 0. The van der Waals surface area contributed by atoms with Gasteiger partial charge in [-0.1, -0.05) is 30.2 Å². The molecular weight excluding hydrogens is 322 g/mol. The van der Waals surface area contributed by atoms with Gasteiger partial charge in [-0.05, 0) is 24.6 Å². The number of amides is 2. The summed E-state index contributed by atoms with van der Waals surface area (Å²) in [6.07, 6.45) is 2.22. The predicted octanol–water partition coefficient (Wildman–Crippen LogP) is 2.98. The van der Waals surface area contributed by atoms with E-state index in [1.165, 1.54) is 0 Å². The minimum absolute atomic E-state index is 0.0992. The Kier molecular flexibility index (Phi) is 5.27. The van der Waals surface area contributed by atoms with E-state index >= 15 is 0 Å². The Hall–Kier alpha value is -2.90. The Balaban J connectivity index is 1.54. The van der Waals surface area contributed by atoms with E-state index in [-0.39, 0.29) is 12.1 Å². The molecule has 2 amide bonds. The third-order valence-electron chi connectivity index (χ3n) is 3.84. The van der Waals surface area contributed by atoms with Crippen LogP contribution in [0.2, 0.25) is 0 Å². The number of nitrogens with zero attached hydrogens (tertiary/aromatic N) is 3. The topological polar surface area (TPSA) is 102 Å². The number of anilines is 1. The molecule has 132 valence electrons. The zero-order valence-electron chi connectivity index (χ0n) is 14.3. The van der Waals surface area contributed by atoms with Crippen LogP contribution in [0.1, 0.15) is 32.5 Å². The third-order valence-corrected chi connectivity index (χ3v) is 3.84. The van der Waals surface area contributed by atoms with Crippen molar-refractivity contribution in [1.29, 1.82) is 0 Å². The fourth-order valence-corrected chi connectivity index (χ4v) is 2.43. The van der Waals surface area contributed by atoms with E-state index in [0.29, 0.717) is 30.4 Å². The van der Waals surface area contributed by atoms with Crippen molar-refractivity contribution >= 4 is 17.4 Å². The highest BCUT2D eigenvalue weighted by Gasteiger charge is 2.20. The standard InChI is InChI=1S/C17H21N5O3/c1-3-12-9-14(24-21-12)10-18-17(23)19-13-7-5-6-11(8-13)16-20-15(4-2)22-25-16/h5-8,14H,3-4,9-10H2,1-2H3,(H2,18,19,23)/t14-/m0/s1. The summed E-state index contributed by atoms with van der Waals surface area (Å²) in [5.74, 6) is 1.08. The van der Waals surface area contributed by atoms with Gasteiger partial charge in [-0.3, -0.25) is 0 Å². The molecule has 1 aliphatic heterocycles. The predicted molar refractivity (Wildman–Crippen MR) is 93.3 cm³/mol. The molecule has 2 heterocycles. The molecule has 25 heavy (non-hydrogen) atoms. The van der Waals surface area contributed by atoms with Crippen LogP contribution in [0.15, 0.2) is 33.9 Å². The van der Waals surface area contributed by atoms with Gasteiger partial charge in [0.25, 0.3) is 5.89 Å². The summed E-state index contributed by atoms with van der Waals surface area (Å²) in [7, 11) is 0. The molecule has 8 nitrogen and oxygen atoms in total. The van der Waals surface area contributed by atoms with Gasteiger partial charge in [-0.15, -0.1) is 0 Å². The monoisotopic (exact) mass is 343 g/mol. The first-order valence-corrected chi connectivity index (χ1v) is 8.37. The molecule has 0 bridgehead atoms. The van der Waals surface area contributed by atoms with E-state index < -0.39 is 0 Å². The first-order valence-electron chi connectivity index (χ1n) is 8.37. The summed E-state index contributed by atoms with van der Waals surface area (Å²) < 4.78 is 5.22. The summed E-state index contributed by atoms with van der Waals surface area (Å²) in [6.45, 7) is 4.39. The van der Waals surface area contributed by atoms with Crippen LogP contribution in [0, 0.1) is 0 Å². The van der Waals surface area contributed by atoms with Crippen LogP contribution in [0.4, 0.5) is 10.5 Å². The van der Waals surface area contributed by atoms with Gasteiger partial charge in [0.15, 0.2) is 5.82 Å². The number of aryl methyl sites for hydroxylation is 1.